The van der Waals surface area contributed by atoms with Crippen molar-refractivity contribution >= 4 is 34.3 Å². The molecule has 1 heterocycles. The molecule has 0 atom stereocenters. The molecule has 1 amide bonds. The molecular weight excluding hydrogens is 421 g/mol. The van der Waals surface area contributed by atoms with Crippen LogP contribution in [0.3, 0.4) is 0 Å². The zero-order chi connectivity index (χ0) is 21.3. The second-order valence-corrected chi connectivity index (χ2v) is 6.63. The van der Waals surface area contributed by atoms with Crippen LogP contribution in [0.5, 0.6) is 11.5 Å². The number of para-hydroxylation sites is 1. The van der Waals surface area contributed by atoms with Gasteiger partial charge in [-0.15, -0.1) is 0 Å². The molecule has 3 aromatic carbocycles. The van der Waals surface area contributed by atoms with E-state index in [4.69, 9.17) is 20.8 Å². The van der Waals surface area contributed by atoms with Crippen molar-refractivity contribution in [1.29, 1.82) is 0 Å². The van der Waals surface area contributed by atoms with Gasteiger partial charge in [0.1, 0.15) is 17.0 Å². The molecule has 4 aromatic rings. The molecule has 9 heteroatoms. The lowest BCUT2D eigenvalue weighted by molar-refractivity contribution is -0.137. The molecule has 0 bridgehead atoms. The van der Waals surface area contributed by atoms with Gasteiger partial charge < -0.3 is 14.5 Å². The van der Waals surface area contributed by atoms with Crippen molar-refractivity contribution in [1.82, 2.24) is 4.98 Å². The molecule has 5 nitrogen and oxygen atoms in total. The van der Waals surface area contributed by atoms with E-state index >= 15 is 0 Å². The van der Waals surface area contributed by atoms with E-state index in [1.54, 1.807) is 42.5 Å². The number of ether oxygens (including phenoxy) is 1. The van der Waals surface area contributed by atoms with E-state index in [2.05, 4.69) is 10.3 Å². The topological polar surface area (TPSA) is 64.4 Å². The smallest absolute Gasteiger partial charge is 0.417 e. The van der Waals surface area contributed by atoms with Crippen molar-refractivity contribution in [2.24, 2.45) is 0 Å². The first-order valence-corrected chi connectivity index (χ1v) is 8.97. The number of carbonyl (C=O) groups is 1. The van der Waals surface area contributed by atoms with Crippen LogP contribution in [-0.2, 0) is 6.18 Å². The largest absolute Gasteiger partial charge is 0.457 e. The Morgan fingerprint density at radius 2 is 1.77 bits per heavy atom. The second kappa shape index (κ2) is 7.72. The Labute approximate surface area is 173 Å². The average Bonchev–Trinajstić information content (AvgIpc) is 3.17. The van der Waals surface area contributed by atoms with Crippen molar-refractivity contribution < 1.29 is 27.1 Å². The van der Waals surface area contributed by atoms with Gasteiger partial charge in [0, 0.05) is 11.8 Å². The maximum atomic E-state index is 12.8. The van der Waals surface area contributed by atoms with E-state index in [-0.39, 0.29) is 11.7 Å². The summed E-state index contributed by atoms with van der Waals surface area (Å²) >= 11 is 5.69. The number of aromatic nitrogens is 1. The standard InChI is InChI=1S/C21H12ClF3N2O3/c22-17-10-14(8-9-16(17)21(23,24)25)30-13-6-4-12(5-7-13)27-20(28)15-2-1-3-18-19(15)29-11-26-18/h1-11H,(H,27,28). The molecule has 0 aliphatic heterocycles. The third kappa shape index (κ3) is 4.08. The third-order valence-electron chi connectivity index (χ3n) is 4.20. The summed E-state index contributed by atoms with van der Waals surface area (Å²) in [7, 11) is 0. The van der Waals surface area contributed by atoms with Crippen molar-refractivity contribution in [3.05, 3.63) is 83.2 Å². The molecule has 0 fully saturated rings. The van der Waals surface area contributed by atoms with Gasteiger partial charge >= 0.3 is 6.18 Å². The number of anilines is 1. The lowest BCUT2D eigenvalue weighted by Crippen LogP contribution is -2.12. The van der Waals surface area contributed by atoms with Gasteiger partial charge in [0.25, 0.3) is 5.91 Å². The molecular formula is C21H12ClF3N2O3. The van der Waals surface area contributed by atoms with E-state index < -0.39 is 16.8 Å². The van der Waals surface area contributed by atoms with Gasteiger partial charge in [-0.2, -0.15) is 13.2 Å². The maximum Gasteiger partial charge on any atom is 0.417 e. The molecule has 152 valence electrons. The Hall–Kier alpha value is -3.52. The monoisotopic (exact) mass is 432 g/mol. The number of amides is 1. The van der Waals surface area contributed by atoms with Crippen molar-refractivity contribution in [3.63, 3.8) is 0 Å². The molecule has 0 unspecified atom stereocenters. The Bertz CT molecular complexity index is 1220. The van der Waals surface area contributed by atoms with Crippen molar-refractivity contribution in [2.45, 2.75) is 6.18 Å². The van der Waals surface area contributed by atoms with E-state index in [0.717, 1.165) is 12.1 Å². The van der Waals surface area contributed by atoms with Gasteiger partial charge in [0.05, 0.1) is 16.1 Å². The molecule has 30 heavy (non-hydrogen) atoms. The first-order valence-electron chi connectivity index (χ1n) is 8.59. The minimum Gasteiger partial charge on any atom is -0.457 e. The van der Waals surface area contributed by atoms with Crippen LogP contribution in [0, 0.1) is 0 Å². The minimum absolute atomic E-state index is 0.154. The number of alkyl halides is 3. The Morgan fingerprint density at radius 1 is 1.03 bits per heavy atom. The van der Waals surface area contributed by atoms with Crippen molar-refractivity contribution in [3.8, 4) is 11.5 Å². The highest BCUT2D eigenvalue weighted by atomic mass is 35.5. The van der Waals surface area contributed by atoms with E-state index in [0.29, 0.717) is 28.1 Å². The van der Waals surface area contributed by atoms with E-state index in [1.807, 2.05) is 0 Å². The first-order chi connectivity index (χ1) is 14.3. The summed E-state index contributed by atoms with van der Waals surface area (Å²) < 4.78 is 49.1. The highest BCUT2D eigenvalue weighted by Gasteiger charge is 2.33. The van der Waals surface area contributed by atoms with Gasteiger partial charge in [-0.1, -0.05) is 17.7 Å². The average molecular weight is 433 g/mol. The van der Waals surface area contributed by atoms with Gasteiger partial charge in [0.2, 0.25) is 0 Å². The van der Waals surface area contributed by atoms with Crippen LogP contribution < -0.4 is 10.1 Å². The van der Waals surface area contributed by atoms with Gasteiger partial charge in [-0.25, -0.2) is 4.98 Å². The predicted octanol–water partition coefficient (Wildman–Crippen LogP) is 6.54. The summed E-state index contributed by atoms with van der Waals surface area (Å²) in [6.07, 6.45) is -3.27. The molecule has 0 saturated carbocycles. The fourth-order valence-corrected chi connectivity index (χ4v) is 3.07. The van der Waals surface area contributed by atoms with Crippen LogP contribution >= 0.6 is 11.6 Å². The number of oxazole rings is 1. The third-order valence-corrected chi connectivity index (χ3v) is 4.51. The molecule has 0 spiro atoms. The zero-order valence-electron chi connectivity index (χ0n) is 15.0. The Balaban J connectivity index is 1.46. The van der Waals surface area contributed by atoms with E-state index in [9.17, 15) is 18.0 Å². The molecule has 4 rings (SSSR count). The fourth-order valence-electron chi connectivity index (χ4n) is 2.80. The summed E-state index contributed by atoms with van der Waals surface area (Å²) in [6.45, 7) is 0. The number of nitrogens with one attached hydrogen (secondary N) is 1. The molecule has 1 aromatic heterocycles. The second-order valence-electron chi connectivity index (χ2n) is 6.23. The first kappa shape index (κ1) is 19.8. The molecule has 1 N–H and O–H groups in total. The van der Waals surface area contributed by atoms with Crippen LogP contribution in [-0.4, -0.2) is 10.9 Å². The number of hydrogen-bond acceptors (Lipinski definition) is 4. The summed E-state index contributed by atoms with van der Waals surface area (Å²) in [5.74, 6) is 0.142. The molecule has 0 aliphatic rings. The lowest BCUT2D eigenvalue weighted by atomic mass is 10.1. The van der Waals surface area contributed by atoms with Crippen LogP contribution in [0.4, 0.5) is 18.9 Å². The summed E-state index contributed by atoms with van der Waals surface area (Å²) in [6, 6.07) is 14.5. The Kier molecular flexibility index (Phi) is 5.09. The minimum atomic E-state index is -4.54. The van der Waals surface area contributed by atoms with Gasteiger partial charge in [-0.05, 0) is 48.5 Å². The summed E-state index contributed by atoms with van der Waals surface area (Å²) in [5, 5.41) is 2.28. The van der Waals surface area contributed by atoms with Crippen molar-refractivity contribution in [2.75, 3.05) is 5.32 Å². The van der Waals surface area contributed by atoms with Crippen LogP contribution in [0.2, 0.25) is 5.02 Å². The highest BCUT2D eigenvalue weighted by Crippen LogP contribution is 2.37. The molecule has 0 saturated heterocycles. The Morgan fingerprint density at radius 3 is 2.47 bits per heavy atom. The summed E-state index contributed by atoms with van der Waals surface area (Å²) in [5.41, 5.74) is 0.853. The number of benzene rings is 3. The molecule has 0 aliphatic carbocycles. The number of rotatable bonds is 4. The number of carbonyl (C=O) groups excluding carboxylic acids is 1. The van der Waals surface area contributed by atoms with Crippen LogP contribution in [0.15, 0.2) is 71.5 Å². The molecule has 0 radical (unpaired) electrons. The van der Waals surface area contributed by atoms with Gasteiger partial charge in [-0.3, -0.25) is 4.79 Å². The predicted molar refractivity (Wildman–Crippen MR) is 105 cm³/mol. The fraction of sp³-hybridized carbons (Fsp3) is 0.0476. The normalized spacial score (nSPS) is 11.5. The zero-order valence-corrected chi connectivity index (χ0v) is 15.8. The number of fused-ring (bicyclic) bond motifs is 1. The SMILES string of the molecule is O=C(Nc1ccc(Oc2ccc(C(F)(F)F)c(Cl)c2)cc1)c1cccc2ncoc12. The van der Waals surface area contributed by atoms with Crippen LogP contribution in [0.1, 0.15) is 15.9 Å². The highest BCUT2D eigenvalue weighted by molar-refractivity contribution is 6.31. The quantitative estimate of drug-likeness (QED) is 0.397. The number of halogens is 4. The van der Waals surface area contributed by atoms with Gasteiger partial charge in [0.15, 0.2) is 12.0 Å². The lowest BCUT2D eigenvalue weighted by Gasteiger charge is -2.11. The number of nitrogens with zero attached hydrogens (tertiary/aromatic N) is 1. The van der Waals surface area contributed by atoms with E-state index in [1.165, 1.54) is 12.5 Å². The maximum absolute atomic E-state index is 12.8. The number of hydrogen-bond donors (Lipinski definition) is 1. The summed E-state index contributed by atoms with van der Waals surface area (Å²) in [4.78, 5) is 16.5. The van der Waals surface area contributed by atoms with Crippen LogP contribution in [0.25, 0.3) is 11.1 Å².